The van der Waals surface area contributed by atoms with E-state index in [-0.39, 0.29) is 17.9 Å². The summed E-state index contributed by atoms with van der Waals surface area (Å²) < 4.78 is 11.8. The minimum atomic E-state index is -0.552. The molecule has 4 aromatic rings. The van der Waals surface area contributed by atoms with Crippen molar-refractivity contribution in [3.05, 3.63) is 88.7 Å². The minimum Gasteiger partial charge on any atom is -0.484 e. The van der Waals surface area contributed by atoms with Gasteiger partial charge in [-0.05, 0) is 42.5 Å². The van der Waals surface area contributed by atoms with Crippen molar-refractivity contribution in [2.24, 2.45) is 0 Å². The van der Waals surface area contributed by atoms with Crippen LogP contribution in [-0.4, -0.2) is 39.9 Å². The zero-order chi connectivity index (χ0) is 23.4. The zero-order valence-electron chi connectivity index (χ0n) is 17.4. The van der Waals surface area contributed by atoms with E-state index >= 15 is 0 Å². The van der Waals surface area contributed by atoms with Crippen LogP contribution in [0.5, 0.6) is 5.75 Å². The molecule has 10 nitrogen and oxygen atoms in total. The summed E-state index contributed by atoms with van der Waals surface area (Å²) in [5.74, 6) is -0.518. The second kappa shape index (κ2) is 9.18. The molecule has 0 aliphatic rings. The van der Waals surface area contributed by atoms with E-state index in [1.807, 2.05) is 0 Å². The van der Waals surface area contributed by atoms with Gasteiger partial charge in [0.25, 0.3) is 11.6 Å². The van der Waals surface area contributed by atoms with Crippen molar-refractivity contribution < 1.29 is 24.0 Å². The molecule has 2 aromatic carbocycles. The molecule has 10 heteroatoms. The van der Waals surface area contributed by atoms with Gasteiger partial charge in [0.15, 0.2) is 6.61 Å². The van der Waals surface area contributed by atoms with Crippen LogP contribution < -0.4 is 10.1 Å². The van der Waals surface area contributed by atoms with E-state index in [1.54, 1.807) is 65.2 Å². The van der Waals surface area contributed by atoms with Crippen molar-refractivity contribution in [2.75, 3.05) is 19.0 Å². The van der Waals surface area contributed by atoms with E-state index in [1.165, 1.54) is 19.4 Å². The number of nitrogens with zero attached hydrogens (tertiary/aromatic N) is 3. The number of rotatable bonds is 7. The number of imidazole rings is 1. The molecule has 2 aromatic heterocycles. The molecule has 0 unspecified atom stereocenters. The molecule has 0 spiro atoms. The molecule has 0 bridgehead atoms. The highest BCUT2D eigenvalue weighted by Crippen LogP contribution is 2.24. The lowest BCUT2D eigenvalue weighted by molar-refractivity contribution is -0.385. The molecule has 0 aliphatic carbocycles. The maximum Gasteiger partial charge on any atom is 0.339 e. The normalized spacial score (nSPS) is 10.6. The van der Waals surface area contributed by atoms with Gasteiger partial charge in [-0.3, -0.25) is 19.3 Å². The van der Waals surface area contributed by atoms with Gasteiger partial charge in [-0.25, -0.2) is 9.78 Å². The monoisotopic (exact) mass is 446 g/mol. The van der Waals surface area contributed by atoms with E-state index < -0.39 is 16.8 Å². The van der Waals surface area contributed by atoms with Crippen molar-refractivity contribution in [3.63, 3.8) is 0 Å². The molecule has 0 aliphatic heterocycles. The standard InChI is InChI=1S/C23H18N4O6/c1-32-23(29)18-4-2-3-5-19(18)25-22(28)14-33-17-9-6-15(7-10-17)20-13-26-12-16(27(30)31)8-11-21(26)24-20/h2-13H,14H2,1H3,(H,25,28). The Bertz CT molecular complexity index is 1350. The Labute approximate surface area is 187 Å². The third-order valence-corrected chi connectivity index (χ3v) is 4.77. The van der Waals surface area contributed by atoms with Gasteiger partial charge in [0.2, 0.25) is 0 Å². The Kier molecular flexibility index (Phi) is 5.98. The molecule has 0 fully saturated rings. The van der Waals surface area contributed by atoms with E-state index in [9.17, 15) is 19.7 Å². The van der Waals surface area contributed by atoms with Crippen molar-refractivity contribution in [3.8, 4) is 17.0 Å². The second-order valence-electron chi connectivity index (χ2n) is 6.93. The van der Waals surface area contributed by atoms with Crippen LogP contribution in [0.25, 0.3) is 16.9 Å². The fraction of sp³-hybridized carbons (Fsp3) is 0.0870. The quantitative estimate of drug-likeness (QED) is 0.261. The molecule has 0 atom stereocenters. The Hall–Kier alpha value is -4.73. The number of benzene rings is 2. The Morgan fingerprint density at radius 2 is 1.82 bits per heavy atom. The highest BCUT2D eigenvalue weighted by molar-refractivity contribution is 6.01. The van der Waals surface area contributed by atoms with Gasteiger partial charge in [-0.2, -0.15) is 0 Å². The number of ether oxygens (including phenoxy) is 2. The van der Waals surface area contributed by atoms with E-state index in [2.05, 4.69) is 10.3 Å². The lowest BCUT2D eigenvalue weighted by Gasteiger charge is -2.10. The highest BCUT2D eigenvalue weighted by atomic mass is 16.6. The van der Waals surface area contributed by atoms with Gasteiger partial charge in [-0.1, -0.05) is 12.1 Å². The number of aromatic nitrogens is 2. The molecule has 166 valence electrons. The van der Waals surface area contributed by atoms with Crippen LogP contribution in [0, 0.1) is 10.1 Å². The predicted octanol–water partition coefficient (Wildman–Crippen LogP) is 3.71. The minimum absolute atomic E-state index is 0.0253. The number of nitrogens with one attached hydrogen (secondary N) is 1. The Morgan fingerprint density at radius 1 is 1.06 bits per heavy atom. The smallest absolute Gasteiger partial charge is 0.339 e. The van der Waals surface area contributed by atoms with Gasteiger partial charge < -0.3 is 14.8 Å². The van der Waals surface area contributed by atoms with Crippen molar-refractivity contribution in [1.82, 2.24) is 9.38 Å². The van der Waals surface area contributed by atoms with Gasteiger partial charge in [0.05, 0.1) is 35.2 Å². The largest absolute Gasteiger partial charge is 0.484 e. The summed E-state index contributed by atoms with van der Waals surface area (Å²) in [5, 5.41) is 13.6. The predicted molar refractivity (Wildman–Crippen MR) is 119 cm³/mol. The summed E-state index contributed by atoms with van der Waals surface area (Å²) in [6.07, 6.45) is 3.10. The number of hydrogen-bond acceptors (Lipinski definition) is 7. The summed E-state index contributed by atoms with van der Waals surface area (Å²) in [7, 11) is 1.27. The lowest BCUT2D eigenvalue weighted by atomic mass is 10.1. The molecule has 4 rings (SSSR count). The number of anilines is 1. The fourth-order valence-electron chi connectivity index (χ4n) is 3.16. The topological polar surface area (TPSA) is 125 Å². The van der Waals surface area contributed by atoms with Crippen LogP contribution in [0.4, 0.5) is 11.4 Å². The van der Waals surface area contributed by atoms with Crippen LogP contribution in [0.2, 0.25) is 0 Å². The first-order valence-corrected chi connectivity index (χ1v) is 9.78. The SMILES string of the molecule is COC(=O)c1ccccc1NC(=O)COc1ccc(-c2cn3cc([N+](=O)[O-])ccc3n2)cc1. The third-order valence-electron chi connectivity index (χ3n) is 4.77. The fourth-order valence-corrected chi connectivity index (χ4v) is 3.16. The molecule has 0 saturated carbocycles. The zero-order valence-corrected chi connectivity index (χ0v) is 17.4. The molecule has 1 N–H and O–H groups in total. The number of carbonyl (C=O) groups excluding carboxylic acids is 2. The van der Waals surface area contributed by atoms with Gasteiger partial charge >= 0.3 is 5.97 Å². The average molecular weight is 446 g/mol. The number of fused-ring (bicyclic) bond motifs is 1. The first kappa shape index (κ1) is 21.5. The summed E-state index contributed by atoms with van der Waals surface area (Å²) in [6.45, 7) is -0.257. The molecule has 0 saturated heterocycles. The van der Waals surface area contributed by atoms with E-state index in [0.29, 0.717) is 22.8 Å². The number of hydrogen-bond donors (Lipinski definition) is 1. The van der Waals surface area contributed by atoms with Crippen LogP contribution in [0.3, 0.4) is 0 Å². The van der Waals surface area contributed by atoms with Gasteiger partial charge in [0, 0.05) is 17.8 Å². The van der Waals surface area contributed by atoms with Crippen LogP contribution in [0.15, 0.2) is 73.1 Å². The Morgan fingerprint density at radius 3 is 2.55 bits per heavy atom. The molecular formula is C23H18N4O6. The molecule has 1 amide bonds. The van der Waals surface area contributed by atoms with Crippen molar-refractivity contribution in [2.45, 2.75) is 0 Å². The number of esters is 1. The summed E-state index contributed by atoms with van der Waals surface area (Å²) in [4.78, 5) is 39.0. The summed E-state index contributed by atoms with van der Waals surface area (Å²) >= 11 is 0. The molecule has 2 heterocycles. The number of carbonyl (C=O) groups is 2. The number of para-hydroxylation sites is 1. The third kappa shape index (κ3) is 4.79. The Balaban J connectivity index is 1.40. The van der Waals surface area contributed by atoms with Crippen LogP contribution in [0.1, 0.15) is 10.4 Å². The van der Waals surface area contributed by atoms with Crippen molar-refractivity contribution in [1.29, 1.82) is 0 Å². The first-order valence-electron chi connectivity index (χ1n) is 9.78. The molecule has 33 heavy (non-hydrogen) atoms. The van der Waals surface area contributed by atoms with Crippen molar-refractivity contribution >= 4 is 28.9 Å². The number of amides is 1. The average Bonchev–Trinajstić information content (AvgIpc) is 3.26. The molecular weight excluding hydrogens is 428 g/mol. The number of pyridine rings is 1. The second-order valence-corrected chi connectivity index (χ2v) is 6.93. The maximum absolute atomic E-state index is 12.3. The highest BCUT2D eigenvalue weighted by Gasteiger charge is 2.14. The molecule has 0 radical (unpaired) electrons. The van der Waals surface area contributed by atoms with Gasteiger partial charge in [-0.15, -0.1) is 0 Å². The van der Waals surface area contributed by atoms with Gasteiger partial charge in [0.1, 0.15) is 11.4 Å². The van der Waals surface area contributed by atoms with E-state index in [4.69, 9.17) is 9.47 Å². The summed E-state index contributed by atoms with van der Waals surface area (Å²) in [6, 6.07) is 16.4. The number of nitro groups is 1. The first-order chi connectivity index (χ1) is 15.9. The van der Waals surface area contributed by atoms with E-state index in [0.717, 1.165) is 5.56 Å². The summed E-state index contributed by atoms with van der Waals surface area (Å²) in [5.41, 5.74) is 2.56. The maximum atomic E-state index is 12.3. The number of methoxy groups -OCH3 is 1. The van der Waals surface area contributed by atoms with Crippen LogP contribution in [-0.2, 0) is 9.53 Å². The lowest BCUT2D eigenvalue weighted by Crippen LogP contribution is -2.21. The van der Waals surface area contributed by atoms with Crippen LogP contribution >= 0.6 is 0 Å².